The maximum atomic E-state index is 6.02. The number of nitrogens with zero attached hydrogens (tertiary/aromatic N) is 2. The summed E-state index contributed by atoms with van der Waals surface area (Å²) in [7, 11) is 0. The zero-order chi connectivity index (χ0) is 11.7. The third-order valence-electron chi connectivity index (χ3n) is 1.85. The van der Waals surface area contributed by atoms with Gasteiger partial charge in [-0.1, -0.05) is 23.2 Å². The van der Waals surface area contributed by atoms with Gasteiger partial charge in [0.2, 0.25) is 10.7 Å². The second kappa shape index (κ2) is 4.37. The van der Waals surface area contributed by atoms with Gasteiger partial charge in [-0.15, -0.1) is 0 Å². The third-order valence-corrected chi connectivity index (χ3v) is 2.60. The van der Waals surface area contributed by atoms with Crippen molar-refractivity contribution in [2.45, 2.75) is 0 Å². The predicted octanol–water partition coefficient (Wildman–Crippen LogP) is 3.09. The summed E-state index contributed by atoms with van der Waals surface area (Å²) in [6, 6.07) is 5.04. The molecular weight excluding hydrogens is 267 g/mol. The Balaban J connectivity index is 2.66. The van der Waals surface area contributed by atoms with Crippen LogP contribution in [0.25, 0.3) is 11.4 Å². The van der Waals surface area contributed by atoms with Crippen molar-refractivity contribution in [1.29, 1.82) is 0 Å². The Labute approximate surface area is 106 Å². The maximum Gasteiger partial charge on any atom is 0.224 e. The van der Waals surface area contributed by atoms with Crippen LogP contribution in [0.2, 0.25) is 10.0 Å². The molecule has 0 spiro atoms. The topological polar surface area (TPSA) is 67.6 Å². The van der Waals surface area contributed by atoms with E-state index in [2.05, 4.69) is 15.0 Å². The molecule has 4 nitrogen and oxygen atoms in total. The Hall–Kier alpha value is -1.17. The summed E-state index contributed by atoms with van der Waals surface area (Å²) in [5, 5.41) is 1.06. The van der Waals surface area contributed by atoms with Gasteiger partial charge >= 0.3 is 0 Å². The minimum Gasteiger partial charge on any atom is -0.369 e. The molecule has 0 fully saturated rings. The Morgan fingerprint density at radius 1 is 1.25 bits per heavy atom. The molecule has 1 heterocycles. The van der Waals surface area contributed by atoms with Crippen molar-refractivity contribution in [3.63, 3.8) is 0 Å². The number of nitrogens with one attached hydrogen (secondary N) is 1. The normalized spacial score (nSPS) is 10.4. The Morgan fingerprint density at radius 2 is 2.00 bits per heavy atom. The van der Waals surface area contributed by atoms with Gasteiger partial charge < -0.3 is 10.7 Å². The fraction of sp³-hybridized carbons (Fsp3) is 0. The van der Waals surface area contributed by atoms with Crippen molar-refractivity contribution in [2.24, 2.45) is 0 Å². The van der Waals surface area contributed by atoms with Crippen LogP contribution < -0.4 is 5.73 Å². The lowest BCUT2D eigenvalue weighted by Gasteiger charge is -2.04. The first-order valence-electron chi connectivity index (χ1n) is 4.25. The van der Waals surface area contributed by atoms with E-state index in [4.69, 9.17) is 41.2 Å². The summed E-state index contributed by atoms with van der Waals surface area (Å²) < 4.78 is 0.155. The smallest absolute Gasteiger partial charge is 0.224 e. The van der Waals surface area contributed by atoms with Gasteiger partial charge in [0.25, 0.3) is 0 Å². The molecule has 0 radical (unpaired) electrons. The van der Waals surface area contributed by atoms with Crippen molar-refractivity contribution >= 4 is 41.4 Å². The number of hydrogen-bond acceptors (Lipinski definition) is 4. The monoisotopic (exact) mass is 272 g/mol. The number of nitrogen functional groups attached to an aromatic ring is 1. The van der Waals surface area contributed by atoms with E-state index in [-0.39, 0.29) is 10.7 Å². The van der Waals surface area contributed by atoms with E-state index in [1.807, 2.05) is 0 Å². The Morgan fingerprint density at radius 3 is 2.69 bits per heavy atom. The van der Waals surface area contributed by atoms with E-state index < -0.39 is 0 Å². The van der Waals surface area contributed by atoms with Gasteiger partial charge in [-0.05, 0) is 30.4 Å². The molecule has 0 atom stereocenters. The lowest BCUT2D eigenvalue weighted by molar-refractivity contribution is 1.05. The molecule has 7 heteroatoms. The summed E-state index contributed by atoms with van der Waals surface area (Å²) in [5.41, 5.74) is 6.17. The van der Waals surface area contributed by atoms with Crippen molar-refractivity contribution in [2.75, 3.05) is 5.73 Å². The predicted molar refractivity (Wildman–Crippen MR) is 67.1 cm³/mol. The molecule has 0 aliphatic carbocycles. The van der Waals surface area contributed by atoms with Gasteiger partial charge in [-0.3, -0.25) is 0 Å². The molecular formula is C9H6Cl2N4S. The zero-order valence-corrected chi connectivity index (χ0v) is 10.2. The van der Waals surface area contributed by atoms with Crippen LogP contribution in [0.4, 0.5) is 5.95 Å². The zero-order valence-electron chi connectivity index (χ0n) is 7.87. The molecule has 0 bridgehead atoms. The summed E-state index contributed by atoms with van der Waals surface area (Å²) in [6.07, 6.45) is 0. The van der Waals surface area contributed by atoms with Gasteiger partial charge in [0, 0.05) is 10.6 Å². The average Bonchev–Trinajstić information content (AvgIpc) is 2.20. The van der Waals surface area contributed by atoms with Crippen LogP contribution in [0.15, 0.2) is 18.2 Å². The number of aromatic nitrogens is 3. The van der Waals surface area contributed by atoms with Crippen LogP contribution in [0.5, 0.6) is 0 Å². The molecule has 0 saturated carbocycles. The summed E-state index contributed by atoms with van der Waals surface area (Å²) in [6.45, 7) is 0. The quantitative estimate of drug-likeness (QED) is 0.783. The molecule has 16 heavy (non-hydrogen) atoms. The number of halogens is 2. The second-order valence-electron chi connectivity index (χ2n) is 2.99. The van der Waals surface area contributed by atoms with Gasteiger partial charge in [0.15, 0.2) is 0 Å². The number of aromatic amines is 1. The second-order valence-corrected chi connectivity index (χ2v) is 4.20. The average molecular weight is 273 g/mol. The molecule has 0 unspecified atom stereocenters. The van der Waals surface area contributed by atoms with Crippen LogP contribution in [0, 0.1) is 4.77 Å². The first-order chi connectivity index (χ1) is 7.56. The molecule has 3 N–H and O–H groups in total. The fourth-order valence-corrected chi connectivity index (χ4v) is 1.78. The molecule has 0 saturated heterocycles. The molecule has 0 aliphatic heterocycles. The van der Waals surface area contributed by atoms with Crippen molar-refractivity contribution < 1.29 is 0 Å². The van der Waals surface area contributed by atoms with E-state index in [0.29, 0.717) is 21.4 Å². The Kier molecular flexibility index (Phi) is 3.09. The van der Waals surface area contributed by atoms with Gasteiger partial charge in [-0.2, -0.15) is 4.98 Å². The number of hydrogen-bond donors (Lipinski definition) is 2. The summed E-state index contributed by atoms with van der Waals surface area (Å²) in [5.74, 6) is 0.635. The van der Waals surface area contributed by atoms with Crippen LogP contribution >= 0.6 is 35.4 Å². The van der Waals surface area contributed by atoms with Crippen molar-refractivity contribution in [1.82, 2.24) is 15.0 Å². The molecule has 0 amide bonds. The SMILES string of the molecule is Nc1nc(=S)nc(-c2cc(Cl)ccc2Cl)[nH]1. The Bertz CT molecular complexity index is 596. The third kappa shape index (κ3) is 2.32. The molecule has 2 rings (SSSR count). The highest BCUT2D eigenvalue weighted by Gasteiger charge is 2.07. The highest BCUT2D eigenvalue weighted by atomic mass is 35.5. The molecule has 1 aromatic heterocycles. The van der Waals surface area contributed by atoms with Gasteiger partial charge in [0.05, 0.1) is 5.02 Å². The highest BCUT2D eigenvalue weighted by Crippen LogP contribution is 2.28. The largest absolute Gasteiger partial charge is 0.369 e. The number of rotatable bonds is 1. The van der Waals surface area contributed by atoms with Crippen LogP contribution in [0.1, 0.15) is 0 Å². The van der Waals surface area contributed by atoms with Crippen LogP contribution in [-0.2, 0) is 0 Å². The first-order valence-corrected chi connectivity index (χ1v) is 5.42. The number of H-pyrrole nitrogens is 1. The number of benzene rings is 1. The minimum absolute atomic E-state index is 0.155. The number of anilines is 1. The standard InChI is InChI=1S/C9H6Cl2N4S/c10-4-1-2-6(11)5(3-4)7-13-8(12)15-9(16)14-7/h1-3H,(H3,12,13,14,15,16). The molecule has 1 aromatic carbocycles. The van der Waals surface area contributed by atoms with E-state index >= 15 is 0 Å². The lowest BCUT2D eigenvalue weighted by atomic mass is 10.2. The van der Waals surface area contributed by atoms with Crippen molar-refractivity contribution in [3.8, 4) is 11.4 Å². The van der Waals surface area contributed by atoms with Crippen molar-refractivity contribution in [3.05, 3.63) is 33.0 Å². The number of nitrogens with two attached hydrogens (primary N) is 1. The highest BCUT2D eigenvalue weighted by molar-refractivity contribution is 7.71. The van der Waals surface area contributed by atoms with Gasteiger partial charge in [0.1, 0.15) is 5.82 Å². The summed E-state index contributed by atoms with van der Waals surface area (Å²) >= 11 is 16.8. The fourth-order valence-electron chi connectivity index (χ4n) is 1.21. The van der Waals surface area contributed by atoms with E-state index in [1.54, 1.807) is 18.2 Å². The van der Waals surface area contributed by atoms with E-state index in [9.17, 15) is 0 Å². The van der Waals surface area contributed by atoms with Crippen LogP contribution in [-0.4, -0.2) is 15.0 Å². The van der Waals surface area contributed by atoms with Gasteiger partial charge in [-0.25, -0.2) is 4.98 Å². The van der Waals surface area contributed by atoms with E-state index in [0.717, 1.165) is 0 Å². The van der Waals surface area contributed by atoms with Crippen LogP contribution in [0.3, 0.4) is 0 Å². The maximum absolute atomic E-state index is 6.02. The van der Waals surface area contributed by atoms with E-state index in [1.165, 1.54) is 0 Å². The minimum atomic E-state index is 0.155. The molecule has 2 aromatic rings. The first kappa shape index (κ1) is 11.3. The molecule has 0 aliphatic rings. The lowest BCUT2D eigenvalue weighted by Crippen LogP contribution is -2.00. The molecule has 82 valence electrons. The summed E-state index contributed by atoms with van der Waals surface area (Å²) in [4.78, 5) is 10.6.